The molecule has 1 aromatic carbocycles. The van der Waals surface area contributed by atoms with Crippen LogP contribution in [0, 0.1) is 6.92 Å². The Morgan fingerprint density at radius 2 is 1.90 bits per heavy atom. The predicted molar refractivity (Wildman–Crippen MR) is 82.5 cm³/mol. The van der Waals surface area contributed by atoms with E-state index in [0.717, 1.165) is 29.3 Å². The zero-order chi connectivity index (χ0) is 14.5. The summed E-state index contributed by atoms with van der Waals surface area (Å²) in [5.41, 5.74) is 9.04. The van der Waals surface area contributed by atoms with Crippen molar-refractivity contribution in [3.05, 3.63) is 53.0 Å². The molecule has 0 amide bonds. The van der Waals surface area contributed by atoms with Gasteiger partial charge in [-0.1, -0.05) is 31.2 Å². The Morgan fingerprint density at radius 1 is 1.20 bits per heavy atom. The molecule has 2 rings (SSSR count). The Morgan fingerprint density at radius 3 is 2.50 bits per heavy atom. The largest absolute Gasteiger partial charge is 0.363 e. The second-order valence-corrected chi connectivity index (χ2v) is 4.96. The Labute approximate surface area is 120 Å². The lowest BCUT2D eigenvalue weighted by molar-refractivity contribution is 0.856. The van der Waals surface area contributed by atoms with E-state index in [-0.39, 0.29) is 6.04 Å². The number of hydrogen-bond acceptors (Lipinski definition) is 4. The van der Waals surface area contributed by atoms with Crippen molar-refractivity contribution in [2.45, 2.75) is 39.8 Å². The molecule has 1 atom stereocenters. The number of rotatable bonds is 5. The van der Waals surface area contributed by atoms with Gasteiger partial charge in [-0.05, 0) is 31.4 Å². The van der Waals surface area contributed by atoms with Gasteiger partial charge < -0.3 is 11.1 Å². The van der Waals surface area contributed by atoms with Crippen molar-refractivity contribution >= 4 is 5.82 Å². The summed E-state index contributed by atoms with van der Waals surface area (Å²) in [6.07, 6.45) is 0.914. The molecule has 0 bridgehead atoms. The normalized spacial score (nSPS) is 12.2. The van der Waals surface area contributed by atoms with Crippen molar-refractivity contribution in [2.75, 3.05) is 5.32 Å². The lowest BCUT2D eigenvalue weighted by Gasteiger charge is -2.16. The van der Waals surface area contributed by atoms with Crippen LogP contribution in [0.1, 0.15) is 42.5 Å². The molecular weight excluding hydrogens is 248 g/mol. The predicted octanol–water partition coefficient (Wildman–Crippen LogP) is 2.98. The molecule has 20 heavy (non-hydrogen) atoms. The lowest BCUT2D eigenvalue weighted by Crippen LogP contribution is -2.10. The summed E-state index contributed by atoms with van der Waals surface area (Å²) >= 11 is 0. The molecule has 1 aromatic heterocycles. The summed E-state index contributed by atoms with van der Waals surface area (Å²) in [5.74, 6) is 1.68. The summed E-state index contributed by atoms with van der Waals surface area (Å²) < 4.78 is 0. The average molecular weight is 270 g/mol. The third-order valence-corrected chi connectivity index (χ3v) is 3.33. The van der Waals surface area contributed by atoms with Gasteiger partial charge in [0.15, 0.2) is 0 Å². The summed E-state index contributed by atoms with van der Waals surface area (Å²) in [6, 6.07) is 10.5. The Kier molecular flexibility index (Phi) is 4.69. The van der Waals surface area contributed by atoms with E-state index in [9.17, 15) is 0 Å². The first-order valence-corrected chi connectivity index (χ1v) is 7.02. The first-order valence-electron chi connectivity index (χ1n) is 7.02. The summed E-state index contributed by atoms with van der Waals surface area (Å²) in [5, 5.41) is 3.43. The molecule has 106 valence electrons. The van der Waals surface area contributed by atoms with Crippen molar-refractivity contribution in [3.63, 3.8) is 0 Å². The molecule has 0 aliphatic carbocycles. The highest BCUT2D eigenvalue weighted by Gasteiger charge is 2.07. The summed E-state index contributed by atoms with van der Waals surface area (Å²) in [4.78, 5) is 8.83. The zero-order valence-corrected chi connectivity index (χ0v) is 12.4. The van der Waals surface area contributed by atoms with Crippen LogP contribution in [0.15, 0.2) is 30.3 Å². The Hall–Kier alpha value is -1.94. The van der Waals surface area contributed by atoms with E-state index < -0.39 is 0 Å². The molecule has 0 saturated carbocycles. The standard InChI is InChI=1S/C16H22N4/c1-4-15-9-16(20-12(3)19-15)18-11(2)14-7-5-13(10-17)6-8-14/h5-9,11H,4,10,17H2,1-3H3,(H,18,19,20). The van der Waals surface area contributed by atoms with E-state index >= 15 is 0 Å². The molecular formula is C16H22N4. The highest BCUT2D eigenvalue weighted by atomic mass is 15.0. The lowest BCUT2D eigenvalue weighted by atomic mass is 10.1. The van der Waals surface area contributed by atoms with Crippen molar-refractivity contribution < 1.29 is 0 Å². The Balaban J connectivity index is 2.13. The minimum Gasteiger partial charge on any atom is -0.363 e. The van der Waals surface area contributed by atoms with Gasteiger partial charge in [0.1, 0.15) is 11.6 Å². The fourth-order valence-corrected chi connectivity index (χ4v) is 2.13. The van der Waals surface area contributed by atoms with Gasteiger partial charge >= 0.3 is 0 Å². The number of nitrogens with two attached hydrogens (primary N) is 1. The maximum atomic E-state index is 5.62. The van der Waals surface area contributed by atoms with E-state index in [0.29, 0.717) is 6.54 Å². The third kappa shape index (κ3) is 3.54. The molecule has 0 spiro atoms. The van der Waals surface area contributed by atoms with Crippen LogP contribution >= 0.6 is 0 Å². The van der Waals surface area contributed by atoms with E-state index in [1.54, 1.807) is 0 Å². The van der Waals surface area contributed by atoms with Crippen molar-refractivity contribution in [1.82, 2.24) is 9.97 Å². The fourth-order valence-electron chi connectivity index (χ4n) is 2.13. The zero-order valence-electron chi connectivity index (χ0n) is 12.4. The van der Waals surface area contributed by atoms with E-state index in [1.807, 2.05) is 13.0 Å². The van der Waals surface area contributed by atoms with Gasteiger partial charge in [0.05, 0.1) is 0 Å². The smallest absolute Gasteiger partial charge is 0.130 e. The molecule has 0 radical (unpaired) electrons. The minimum atomic E-state index is 0.195. The summed E-state index contributed by atoms with van der Waals surface area (Å²) in [7, 11) is 0. The topological polar surface area (TPSA) is 63.8 Å². The number of anilines is 1. The van der Waals surface area contributed by atoms with Crippen LogP contribution in [0.5, 0.6) is 0 Å². The molecule has 1 heterocycles. The molecule has 0 aliphatic heterocycles. The molecule has 3 N–H and O–H groups in total. The number of benzene rings is 1. The van der Waals surface area contributed by atoms with Crippen LogP contribution < -0.4 is 11.1 Å². The quantitative estimate of drug-likeness (QED) is 0.876. The highest BCUT2D eigenvalue weighted by Crippen LogP contribution is 2.19. The Bertz CT molecular complexity index is 563. The molecule has 4 heteroatoms. The van der Waals surface area contributed by atoms with Gasteiger partial charge in [0.25, 0.3) is 0 Å². The van der Waals surface area contributed by atoms with Gasteiger partial charge in [-0.25, -0.2) is 9.97 Å². The first kappa shape index (κ1) is 14.5. The van der Waals surface area contributed by atoms with Gasteiger partial charge in [-0.2, -0.15) is 0 Å². The number of nitrogens with one attached hydrogen (secondary N) is 1. The molecule has 4 nitrogen and oxygen atoms in total. The van der Waals surface area contributed by atoms with Crippen LogP contribution in [0.25, 0.3) is 0 Å². The molecule has 1 unspecified atom stereocenters. The van der Waals surface area contributed by atoms with Gasteiger partial charge in [-0.15, -0.1) is 0 Å². The van der Waals surface area contributed by atoms with Crippen LogP contribution in [0.4, 0.5) is 5.82 Å². The second-order valence-electron chi connectivity index (χ2n) is 4.96. The van der Waals surface area contributed by atoms with E-state index in [4.69, 9.17) is 5.73 Å². The maximum Gasteiger partial charge on any atom is 0.130 e. The minimum absolute atomic E-state index is 0.195. The van der Waals surface area contributed by atoms with Crippen LogP contribution in [-0.4, -0.2) is 9.97 Å². The maximum absolute atomic E-state index is 5.62. The highest BCUT2D eigenvalue weighted by molar-refractivity contribution is 5.40. The monoisotopic (exact) mass is 270 g/mol. The molecule has 0 fully saturated rings. The molecule has 0 saturated heterocycles. The van der Waals surface area contributed by atoms with Crippen molar-refractivity contribution in [3.8, 4) is 0 Å². The number of aromatic nitrogens is 2. The van der Waals surface area contributed by atoms with Gasteiger partial charge in [0.2, 0.25) is 0 Å². The summed E-state index contributed by atoms with van der Waals surface area (Å²) in [6.45, 7) is 6.72. The van der Waals surface area contributed by atoms with Crippen molar-refractivity contribution in [2.24, 2.45) is 5.73 Å². The van der Waals surface area contributed by atoms with Crippen LogP contribution in [0.3, 0.4) is 0 Å². The SMILES string of the molecule is CCc1cc(NC(C)c2ccc(CN)cc2)nc(C)n1. The van der Waals surface area contributed by atoms with Crippen molar-refractivity contribution in [1.29, 1.82) is 0 Å². The number of hydrogen-bond donors (Lipinski definition) is 2. The van der Waals surface area contributed by atoms with E-state index in [2.05, 4.69) is 53.4 Å². The number of nitrogens with zero attached hydrogens (tertiary/aromatic N) is 2. The van der Waals surface area contributed by atoms with Gasteiger partial charge in [-0.3, -0.25) is 0 Å². The average Bonchev–Trinajstić information content (AvgIpc) is 2.46. The van der Waals surface area contributed by atoms with Crippen LogP contribution in [0.2, 0.25) is 0 Å². The second kappa shape index (κ2) is 6.48. The molecule has 2 aromatic rings. The molecule has 0 aliphatic rings. The van der Waals surface area contributed by atoms with E-state index in [1.165, 1.54) is 5.56 Å². The number of aryl methyl sites for hydroxylation is 2. The third-order valence-electron chi connectivity index (χ3n) is 3.33. The van der Waals surface area contributed by atoms with Crippen LogP contribution in [-0.2, 0) is 13.0 Å². The fraction of sp³-hybridized carbons (Fsp3) is 0.375. The first-order chi connectivity index (χ1) is 9.62. The van der Waals surface area contributed by atoms with Gasteiger partial charge in [0, 0.05) is 24.3 Å².